The Hall–Kier alpha value is 0.430. The van der Waals surface area contributed by atoms with E-state index in [-0.39, 0.29) is 0 Å². The van der Waals surface area contributed by atoms with Crippen LogP contribution >= 0.6 is 38.5 Å². The van der Waals surface area contributed by atoms with Gasteiger partial charge in [0.1, 0.15) is 0 Å². The highest BCUT2D eigenvalue weighted by Crippen LogP contribution is 2.25. The molecule has 1 rings (SSSR count). The number of aryl methyl sites for hydroxylation is 2. The van der Waals surface area contributed by atoms with Crippen LogP contribution in [-0.4, -0.2) is 0 Å². The van der Waals surface area contributed by atoms with Gasteiger partial charge in [-0.15, -0.1) is 0 Å². The summed E-state index contributed by atoms with van der Waals surface area (Å²) in [6.07, 6.45) is 0. The fraction of sp³-hybridized carbons (Fsp3) is 0.250. The molecule has 0 aliphatic heterocycles. The molecule has 0 N–H and O–H groups in total. The second-order valence-corrected chi connectivity index (χ2v) is 4.20. The van der Waals surface area contributed by atoms with Gasteiger partial charge in [-0.05, 0) is 63.5 Å². The Balaban J connectivity index is 3.34. The lowest BCUT2D eigenvalue weighted by molar-refractivity contribution is 1.33. The van der Waals surface area contributed by atoms with Crippen LogP contribution < -0.4 is 0 Å². The zero-order chi connectivity index (χ0) is 7.72. The summed E-state index contributed by atoms with van der Waals surface area (Å²) in [7, 11) is 0. The summed E-state index contributed by atoms with van der Waals surface area (Å²) in [6, 6.07) is 4.27. The van der Waals surface area contributed by atoms with E-state index in [1.807, 2.05) is 0 Å². The summed E-state index contributed by atoms with van der Waals surface area (Å²) in [6.45, 7) is 4.22. The monoisotopic (exact) mass is 310 g/mol. The molecule has 0 amide bonds. The first-order chi connectivity index (χ1) is 4.63. The first kappa shape index (κ1) is 8.53. The van der Waals surface area contributed by atoms with Crippen LogP contribution in [0.2, 0.25) is 0 Å². The Kier molecular flexibility index (Phi) is 2.74. The maximum atomic E-state index is 3.52. The third-order valence-corrected chi connectivity index (χ3v) is 4.62. The van der Waals surface area contributed by atoms with Crippen molar-refractivity contribution in [1.82, 2.24) is 0 Å². The zero-order valence-electron chi connectivity index (χ0n) is 5.91. The van der Waals surface area contributed by atoms with Crippen molar-refractivity contribution >= 4 is 38.5 Å². The van der Waals surface area contributed by atoms with Gasteiger partial charge in [0.15, 0.2) is 0 Å². The molecule has 0 unspecified atom stereocenters. The zero-order valence-corrected chi connectivity index (χ0v) is 9.65. The number of hydrogen-bond donors (Lipinski definition) is 0. The average Bonchev–Trinajstić information content (AvgIpc) is 1.93. The molecule has 0 saturated heterocycles. The molecule has 0 aliphatic carbocycles. The highest BCUT2D eigenvalue weighted by Gasteiger charge is 2.00. The molecule has 0 spiro atoms. The lowest BCUT2D eigenvalue weighted by Crippen LogP contribution is -1.84. The molecule has 0 aromatic heterocycles. The van der Waals surface area contributed by atoms with Crippen LogP contribution in [0.3, 0.4) is 0 Å². The fourth-order valence-corrected chi connectivity index (χ4v) is 1.79. The third kappa shape index (κ3) is 1.53. The highest BCUT2D eigenvalue weighted by molar-refractivity contribution is 14.1. The number of halogens is 2. The molecule has 0 saturated carbocycles. The first-order valence-electron chi connectivity index (χ1n) is 3.04. The molecule has 1 aromatic rings. The number of benzene rings is 1. The minimum atomic E-state index is 1.23. The Morgan fingerprint density at radius 3 is 2.20 bits per heavy atom. The van der Waals surface area contributed by atoms with Crippen LogP contribution in [0.4, 0.5) is 0 Å². The van der Waals surface area contributed by atoms with Crippen molar-refractivity contribution in [1.29, 1.82) is 0 Å². The van der Waals surface area contributed by atoms with Gasteiger partial charge in [0.05, 0.1) is 0 Å². The van der Waals surface area contributed by atoms with Crippen molar-refractivity contribution < 1.29 is 0 Å². The quantitative estimate of drug-likeness (QED) is 0.641. The van der Waals surface area contributed by atoms with E-state index < -0.39 is 0 Å². The number of rotatable bonds is 0. The standard InChI is InChI=1S/C8H8BrI/c1-5-3-4-6(2)8(10)7(5)9/h3-4H,1-2H3. The maximum absolute atomic E-state index is 3.52. The Morgan fingerprint density at radius 2 is 1.70 bits per heavy atom. The number of hydrogen-bond acceptors (Lipinski definition) is 0. The van der Waals surface area contributed by atoms with E-state index in [4.69, 9.17) is 0 Å². The topological polar surface area (TPSA) is 0 Å². The van der Waals surface area contributed by atoms with Gasteiger partial charge in [0, 0.05) is 8.04 Å². The lowest BCUT2D eigenvalue weighted by Gasteiger charge is -2.02. The van der Waals surface area contributed by atoms with Gasteiger partial charge < -0.3 is 0 Å². The van der Waals surface area contributed by atoms with Gasteiger partial charge in [-0.2, -0.15) is 0 Å². The molecule has 10 heavy (non-hydrogen) atoms. The predicted molar refractivity (Wildman–Crippen MR) is 56.3 cm³/mol. The summed E-state index contributed by atoms with van der Waals surface area (Å²) in [4.78, 5) is 0. The SMILES string of the molecule is Cc1ccc(C)c(I)c1Br. The summed E-state index contributed by atoms with van der Waals surface area (Å²) in [5.74, 6) is 0. The van der Waals surface area contributed by atoms with Crippen molar-refractivity contribution in [2.24, 2.45) is 0 Å². The molecule has 0 heterocycles. The van der Waals surface area contributed by atoms with Crippen LogP contribution in [0.25, 0.3) is 0 Å². The van der Waals surface area contributed by atoms with Crippen LogP contribution in [-0.2, 0) is 0 Å². The van der Waals surface area contributed by atoms with Crippen molar-refractivity contribution in [3.8, 4) is 0 Å². The van der Waals surface area contributed by atoms with Gasteiger partial charge in [0.2, 0.25) is 0 Å². The fourth-order valence-electron chi connectivity index (χ4n) is 0.743. The maximum Gasteiger partial charge on any atom is 0.0340 e. The molecule has 2 heteroatoms. The molecule has 0 atom stereocenters. The minimum absolute atomic E-state index is 1.23. The molecule has 0 bridgehead atoms. The van der Waals surface area contributed by atoms with Crippen LogP contribution in [0, 0.1) is 17.4 Å². The van der Waals surface area contributed by atoms with E-state index in [0.717, 1.165) is 0 Å². The van der Waals surface area contributed by atoms with Gasteiger partial charge >= 0.3 is 0 Å². The molecule has 0 radical (unpaired) electrons. The smallest absolute Gasteiger partial charge is 0.0340 e. The van der Waals surface area contributed by atoms with E-state index >= 15 is 0 Å². The van der Waals surface area contributed by atoms with Crippen LogP contribution in [0.1, 0.15) is 11.1 Å². The van der Waals surface area contributed by atoms with Gasteiger partial charge in [-0.1, -0.05) is 12.1 Å². The van der Waals surface area contributed by atoms with E-state index in [9.17, 15) is 0 Å². The van der Waals surface area contributed by atoms with Crippen molar-refractivity contribution in [2.45, 2.75) is 13.8 Å². The van der Waals surface area contributed by atoms with Crippen molar-refractivity contribution in [3.63, 3.8) is 0 Å². The Morgan fingerprint density at radius 1 is 1.20 bits per heavy atom. The predicted octanol–water partition coefficient (Wildman–Crippen LogP) is 3.67. The van der Waals surface area contributed by atoms with Crippen LogP contribution in [0.15, 0.2) is 16.6 Å². The molecular formula is C8H8BrI. The molecule has 0 nitrogen and oxygen atoms in total. The van der Waals surface area contributed by atoms with Crippen LogP contribution in [0.5, 0.6) is 0 Å². The van der Waals surface area contributed by atoms with E-state index in [1.165, 1.54) is 19.2 Å². The van der Waals surface area contributed by atoms with E-state index in [0.29, 0.717) is 0 Å². The van der Waals surface area contributed by atoms with Crippen molar-refractivity contribution in [3.05, 3.63) is 31.3 Å². The lowest BCUT2D eigenvalue weighted by atomic mass is 10.2. The molecule has 0 fully saturated rings. The summed E-state index contributed by atoms with van der Waals surface area (Å²) in [5.41, 5.74) is 2.63. The highest BCUT2D eigenvalue weighted by atomic mass is 127. The van der Waals surface area contributed by atoms with E-state index in [2.05, 4.69) is 64.5 Å². The normalized spacial score (nSPS) is 10.0. The third-order valence-electron chi connectivity index (χ3n) is 1.47. The molecule has 1 aromatic carbocycles. The van der Waals surface area contributed by atoms with Gasteiger partial charge in [-0.3, -0.25) is 0 Å². The second-order valence-electron chi connectivity index (χ2n) is 2.33. The Bertz CT molecular complexity index is 229. The largest absolute Gasteiger partial charge is 0.0579 e. The first-order valence-corrected chi connectivity index (χ1v) is 4.91. The minimum Gasteiger partial charge on any atom is -0.0579 e. The van der Waals surface area contributed by atoms with Crippen molar-refractivity contribution in [2.75, 3.05) is 0 Å². The Labute approximate surface area is 83.3 Å². The van der Waals surface area contributed by atoms with Gasteiger partial charge in [0.25, 0.3) is 0 Å². The van der Waals surface area contributed by atoms with Gasteiger partial charge in [-0.25, -0.2) is 0 Å². The summed E-state index contributed by atoms with van der Waals surface area (Å²) < 4.78 is 2.55. The molecule has 0 aliphatic rings. The average molecular weight is 311 g/mol. The molecular weight excluding hydrogens is 303 g/mol. The second kappa shape index (κ2) is 3.22. The molecule has 54 valence electrons. The summed E-state index contributed by atoms with van der Waals surface area (Å²) >= 11 is 5.87. The summed E-state index contributed by atoms with van der Waals surface area (Å²) in [5, 5.41) is 0. The van der Waals surface area contributed by atoms with E-state index in [1.54, 1.807) is 0 Å².